The smallest absolute Gasteiger partial charge is 0.239 e. The predicted molar refractivity (Wildman–Crippen MR) is 87.0 cm³/mol. The van der Waals surface area contributed by atoms with Crippen LogP contribution in [0.2, 0.25) is 0 Å². The van der Waals surface area contributed by atoms with Crippen molar-refractivity contribution < 1.29 is 9.53 Å². The molecule has 2 N–H and O–H groups in total. The molecule has 0 saturated carbocycles. The maximum absolute atomic E-state index is 12.1. The van der Waals surface area contributed by atoms with Crippen LogP contribution in [0.5, 0.6) is 0 Å². The Kier molecular flexibility index (Phi) is 5.05. The molecule has 0 radical (unpaired) electrons. The summed E-state index contributed by atoms with van der Waals surface area (Å²) in [4.78, 5) is 16.3. The van der Waals surface area contributed by atoms with Crippen molar-refractivity contribution in [2.75, 3.05) is 19.8 Å². The molecule has 23 heavy (non-hydrogen) atoms. The molecule has 2 aromatic rings. The Morgan fingerprint density at radius 3 is 3.09 bits per heavy atom. The Hall–Kier alpha value is -2.18. The van der Waals surface area contributed by atoms with Gasteiger partial charge in [-0.15, -0.1) is 0 Å². The maximum Gasteiger partial charge on any atom is 0.239 e. The van der Waals surface area contributed by atoms with E-state index < -0.39 is 0 Å². The number of amides is 1. The number of nitrogens with zero attached hydrogens (tertiary/aromatic N) is 2. The Morgan fingerprint density at radius 1 is 1.48 bits per heavy atom. The van der Waals surface area contributed by atoms with Crippen LogP contribution < -0.4 is 10.6 Å². The van der Waals surface area contributed by atoms with Gasteiger partial charge in [0.2, 0.25) is 5.91 Å². The van der Waals surface area contributed by atoms with Crippen molar-refractivity contribution in [3.05, 3.63) is 53.6 Å². The third kappa shape index (κ3) is 4.18. The second-order valence-corrected chi connectivity index (χ2v) is 5.72. The van der Waals surface area contributed by atoms with E-state index >= 15 is 0 Å². The summed E-state index contributed by atoms with van der Waals surface area (Å²) in [5.74, 6) is 0.979. The molecule has 2 heterocycles. The van der Waals surface area contributed by atoms with E-state index in [0.29, 0.717) is 19.8 Å². The first-order chi connectivity index (χ1) is 11.2. The van der Waals surface area contributed by atoms with Crippen molar-refractivity contribution in [2.45, 2.75) is 26.1 Å². The Balaban J connectivity index is 1.57. The highest BCUT2D eigenvalue weighted by atomic mass is 16.5. The average Bonchev–Trinajstić information content (AvgIpc) is 2.99. The van der Waals surface area contributed by atoms with Gasteiger partial charge in [-0.3, -0.25) is 4.79 Å². The largest absolute Gasteiger partial charge is 0.378 e. The van der Waals surface area contributed by atoms with Crippen molar-refractivity contribution >= 4 is 5.91 Å². The van der Waals surface area contributed by atoms with Gasteiger partial charge in [0.1, 0.15) is 11.9 Å². The SMILES string of the molecule is Cc1nccn1Cc1cccc(CNC(=O)C2COCCN2)c1. The van der Waals surface area contributed by atoms with E-state index in [1.165, 1.54) is 5.56 Å². The second kappa shape index (κ2) is 7.39. The lowest BCUT2D eigenvalue weighted by molar-refractivity contribution is -0.126. The summed E-state index contributed by atoms with van der Waals surface area (Å²) in [7, 11) is 0. The fraction of sp³-hybridized carbons (Fsp3) is 0.412. The highest BCUT2D eigenvalue weighted by molar-refractivity contribution is 5.81. The van der Waals surface area contributed by atoms with Crippen molar-refractivity contribution in [3.8, 4) is 0 Å². The zero-order chi connectivity index (χ0) is 16.1. The fourth-order valence-electron chi connectivity index (χ4n) is 2.65. The Labute approximate surface area is 135 Å². The summed E-state index contributed by atoms with van der Waals surface area (Å²) in [6, 6.07) is 7.99. The van der Waals surface area contributed by atoms with Crippen LogP contribution in [0.15, 0.2) is 36.7 Å². The standard InChI is InChI=1S/C17H22N4O2/c1-13-18-5-7-21(13)11-15-4-2-3-14(9-15)10-20-17(22)16-12-23-8-6-19-16/h2-5,7,9,16,19H,6,8,10-12H2,1H3,(H,20,22). The summed E-state index contributed by atoms with van der Waals surface area (Å²) in [6.07, 6.45) is 3.77. The van der Waals surface area contributed by atoms with E-state index in [0.717, 1.165) is 24.5 Å². The summed E-state index contributed by atoms with van der Waals surface area (Å²) < 4.78 is 7.41. The van der Waals surface area contributed by atoms with Gasteiger partial charge in [-0.1, -0.05) is 24.3 Å². The van der Waals surface area contributed by atoms with Crippen molar-refractivity contribution in [2.24, 2.45) is 0 Å². The number of aryl methyl sites for hydroxylation is 1. The molecule has 1 fully saturated rings. The number of imidazole rings is 1. The molecule has 6 nitrogen and oxygen atoms in total. The number of aromatic nitrogens is 2. The van der Waals surface area contributed by atoms with Crippen LogP contribution in [0.4, 0.5) is 0 Å². The van der Waals surface area contributed by atoms with Gasteiger partial charge in [0.15, 0.2) is 0 Å². The minimum absolute atomic E-state index is 0.0134. The molecule has 1 aliphatic rings. The van der Waals surface area contributed by atoms with Gasteiger partial charge >= 0.3 is 0 Å². The van der Waals surface area contributed by atoms with Crippen LogP contribution >= 0.6 is 0 Å². The number of carbonyl (C=O) groups is 1. The summed E-state index contributed by atoms with van der Waals surface area (Å²) in [5.41, 5.74) is 2.28. The lowest BCUT2D eigenvalue weighted by atomic mass is 10.1. The van der Waals surface area contributed by atoms with Crippen LogP contribution in [-0.2, 0) is 22.6 Å². The molecule has 0 aliphatic carbocycles. The van der Waals surface area contributed by atoms with Gasteiger partial charge in [0.05, 0.1) is 13.2 Å². The van der Waals surface area contributed by atoms with Crippen molar-refractivity contribution in [1.29, 1.82) is 0 Å². The molecule has 0 bridgehead atoms. The molecule has 1 saturated heterocycles. The first-order valence-corrected chi connectivity index (χ1v) is 7.87. The molecule has 1 atom stereocenters. The number of benzene rings is 1. The topological polar surface area (TPSA) is 68.2 Å². The Morgan fingerprint density at radius 2 is 2.35 bits per heavy atom. The number of morpholine rings is 1. The molecule has 1 aliphatic heterocycles. The summed E-state index contributed by atoms with van der Waals surface area (Å²) in [6.45, 7) is 5.12. The number of carbonyl (C=O) groups excluding carboxylic acids is 1. The lowest BCUT2D eigenvalue weighted by Gasteiger charge is -2.22. The zero-order valence-electron chi connectivity index (χ0n) is 13.3. The molecular weight excluding hydrogens is 292 g/mol. The van der Waals surface area contributed by atoms with E-state index in [9.17, 15) is 4.79 Å². The highest BCUT2D eigenvalue weighted by Crippen LogP contribution is 2.09. The molecule has 1 aromatic carbocycles. The van der Waals surface area contributed by atoms with Gasteiger partial charge in [-0.2, -0.15) is 0 Å². The quantitative estimate of drug-likeness (QED) is 0.858. The monoisotopic (exact) mass is 314 g/mol. The number of hydrogen-bond acceptors (Lipinski definition) is 4. The van der Waals surface area contributed by atoms with E-state index in [2.05, 4.69) is 32.3 Å². The number of hydrogen-bond donors (Lipinski definition) is 2. The minimum atomic E-state index is -0.250. The van der Waals surface area contributed by atoms with Crippen LogP contribution in [0.25, 0.3) is 0 Å². The number of rotatable bonds is 5. The molecule has 1 amide bonds. The first kappa shape index (κ1) is 15.7. The number of nitrogens with one attached hydrogen (secondary N) is 2. The summed E-state index contributed by atoms with van der Waals surface area (Å²) >= 11 is 0. The fourth-order valence-corrected chi connectivity index (χ4v) is 2.65. The van der Waals surface area contributed by atoms with Crippen LogP contribution in [0, 0.1) is 6.92 Å². The van der Waals surface area contributed by atoms with Crippen molar-refractivity contribution in [1.82, 2.24) is 20.2 Å². The molecule has 1 unspecified atom stereocenters. The third-order valence-electron chi connectivity index (χ3n) is 3.97. The maximum atomic E-state index is 12.1. The van der Waals surface area contributed by atoms with Gasteiger partial charge in [0.25, 0.3) is 0 Å². The molecular formula is C17H22N4O2. The van der Waals surface area contributed by atoms with Gasteiger partial charge in [-0.25, -0.2) is 4.98 Å². The molecule has 1 aromatic heterocycles. The minimum Gasteiger partial charge on any atom is -0.378 e. The predicted octanol–water partition coefficient (Wildman–Crippen LogP) is 0.844. The molecule has 0 spiro atoms. The lowest BCUT2D eigenvalue weighted by Crippen LogP contribution is -2.51. The third-order valence-corrected chi connectivity index (χ3v) is 3.97. The van der Waals surface area contributed by atoms with E-state index in [1.807, 2.05) is 25.3 Å². The van der Waals surface area contributed by atoms with Crippen molar-refractivity contribution in [3.63, 3.8) is 0 Å². The Bertz CT molecular complexity index is 662. The molecule has 122 valence electrons. The number of ether oxygens (including phenoxy) is 1. The highest BCUT2D eigenvalue weighted by Gasteiger charge is 2.20. The van der Waals surface area contributed by atoms with Gasteiger partial charge in [-0.05, 0) is 18.1 Å². The first-order valence-electron chi connectivity index (χ1n) is 7.87. The van der Waals surface area contributed by atoms with E-state index in [1.54, 1.807) is 6.20 Å². The zero-order valence-corrected chi connectivity index (χ0v) is 13.3. The normalized spacial score (nSPS) is 17.9. The van der Waals surface area contributed by atoms with Crippen LogP contribution in [0.3, 0.4) is 0 Å². The van der Waals surface area contributed by atoms with Crippen LogP contribution in [-0.4, -0.2) is 41.3 Å². The van der Waals surface area contributed by atoms with E-state index in [4.69, 9.17) is 4.74 Å². The summed E-state index contributed by atoms with van der Waals surface area (Å²) in [5, 5.41) is 6.12. The average molecular weight is 314 g/mol. The van der Waals surface area contributed by atoms with Gasteiger partial charge in [0, 0.05) is 32.0 Å². The van der Waals surface area contributed by atoms with E-state index in [-0.39, 0.29) is 11.9 Å². The molecule has 6 heteroatoms. The molecule has 3 rings (SSSR count). The second-order valence-electron chi connectivity index (χ2n) is 5.72. The van der Waals surface area contributed by atoms with Gasteiger partial charge < -0.3 is 19.9 Å². The van der Waals surface area contributed by atoms with Crippen LogP contribution in [0.1, 0.15) is 17.0 Å².